The summed E-state index contributed by atoms with van der Waals surface area (Å²) in [6, 6.07) is 11.6. The molecule has 2 atom stereocenters. The molecule has 0 aliphatic carbocycles. The molecule has 3 aromatic rings. The van der Waals surface area contributed by atoms with Gasteiger partial charge in [-0.05, 0) is 24.6 Å². The average Bonchev–Trinajstić information content (AvgIpc) is 3.42. The Hall–Kier alpha value is -2.86. The van der Waals surface area contributed by atoms with Crippen LogP contribution in [-0.4, -0.2) is 52.2 Å². The summed E-state index contributed by atoms with van der Waals surface area (Å²) < 4.78 is 12.1. The van der Waals surface area contributed by atoms with Gasteiger partial charge in [-0.1, -0.05) is 18.2 Å². The van der Waals surface area contributed by atoms with E-state index >= 15 is 0 Å². The zero-order valence-electron chi connectivity index (χ0n) is 14.9. The number of aromatic nitrogens is 2. The summed E-state index contributed by atoms with van der Waals surface area (Å²) in [4.78, 5) is 22.2. The molecule has 2 saturated heterocycles. The van der Waals surface area contributed by atoms with E-state index in [0.717, 1.165) is 35.1 Å². The molecule has 0 bridgehead atoms. The summed E-state index contributed by atoms with van der Waals surface area (Å²) in [5.74, 6) is 0.817. The van der Waals surface area contributed by atoms with Crippen LogP contribution in [0, 0.1) is 0 Å². The summed E-state index contributed by atoms with van der Waals surface area (Å²) in [6.45, 7) is 1.86. The molecule has 2 aromatic heterocycles. The second-order valence-electron chi connectivity index (χ2n) is 7.35. The van der Waals surface area contributed by atoms with Crippen LogP contribution in [0.2, 0.25) is 0 Å². The number of ether oxygens (including phenoxy) is 2. The Morgan fingerprint density at radius 3 is 3.11 bits per heavy atom. The zero-order valence-corrected chi connectivity index (χ0v) is 14.9. The SMILES string of the molecule is O=C(c1c[nH]c2ccccc12)N1CCC2(CC(Oc3cccnc3)CO2)C1. The van der Waals surface area contributed by atoms with Crippen molar-refractivity contribution in [2.45, 2.75) is 24.5 Å². The lowest BCUT2D eigenvalue weighted by atomic mass is 9.98. The maximum atomic E-state index is 13.0. The Kier molecular flexibility index (Phi) is 3.86. The maximum absolute atomic E-state index is 13.0. The molecule has 2 aliphatic heterocycles. The van der Waals surface area contributed by atoms with Crippen molar-refractivity contribution in [1.29, 1.82) is 0 Å². The van der Waals surface area contributed by atoms with Crippen molar-refractivity contribution >= 4 is 16.8 Å². The van der Waals surface area contributed by atoms with E-state index in [1.54, 1.807) is 12.4 Å². The first kappa shape index (κ1) is 16.3. The van der Waals surface area contributed by atoms with E-state index in [0.29, 0.717) is 19.7 Å². The van der Waals surface area contributed by atoms with Gasteiger partial charge in [0, 0.05) is 36.3 Å². The number of carbonyl (C=O) groups is 1. The van der Waals surface area contributed by atoms with Crippen LogP contribution in [0.15, 0.2) is 55.0 Å². The highest BCUT2D eigenvalue weighted by molar-refractivity contribution is 6.06. The van der Waals surface area contributed by atoms with E-state index in [9.17, 15) is 4.79 Å². The molecule has 1 spiro atoms. The average molecular weight is 363 g/mol. The molecule has 1 aromatic carbocycles. The normalized spacial score (nSPS) is 24.7. The predicted molar refractivity (Wildman–Crippen MR) is 101 cm³/mol. The summed E-state index contributed by atoms with van der Waals surface area (Å²) in [6.07, 6.45) is 6.88. The molecule has 2 aliphatic rings. The molecule has 2 fully saturated rings. The number of amides is 1. The summed E-state index contributed by atoms with van der Waals surface area (Å²) >= 11 is 0. The molecule has 4 heterocycles. The van der Waals surface area contributed by atoms with Gasteiger partial charge in [0.2, 0.25) is 0 Å². The summed E-state index contributed by atoms with van der Waals surface area (Å²) in [5, 5.41) is 0.966. The Morgan fingerprint density at radius 2 is 2.22 bits per heavy atom. The molecule has 27 heavy (non-hydrogen) atoms. The third kappa shape index (κ3) is 2.96. The fourth-order valence-corrected chi connectivity index (χ4v) is 4.21. The number of nitrogens with one attached hydrogen (secondary N) is 1. The third-order valence-electron chi connectivity index (χ3n) is 5.54. The van der Waals surface area contributed by atoms with Crippen molar-refractivity contribution in [3.8, 4) is 5.75 Å². The fraction of sp³-hybridized carbons (Fsp3) is 0.333. The molecule has 0 saturated carbocycles. The first-order valence-electron chi connectivity index (χ1n) is 9.29. The Bertz CT molecular complexity index is 971. The Balaban J connectivity index is 1.28. The number of para-hydroxylation sites is 1. The molecular weight excluding hydrogens is 342 g/mol. The molecule has 6 heteroatoms. The first-order chi connectivity index (χ1) is 13.2. The minimum absolute atomic E-state index is 0.00246. The number of hydrogen-bond donors (Lipinski definition) is 1. The van der Waals surface area contributed by atoms with Crippen molar-refractivity contribution in [2.24, 2.45) is 0 Å². The van der Waals surface area contributed by atoms with E-state index in [4.69, 9.17) is 9.47 Å². The Labute approximate surface area is 157 Å². The topological polar surface area (TPSA) is 67.5 Å². The number of benzene rings is 1. The number of fused-ring (bicyclic) bond motifs is 1. The monoisotopic (exact) mass is 363 g/mol. The standard InChI is InChI=1S/C21H21N3O3/c25-20(18-12-23-19-6-2-1-5-17(18)19)24-9-7-21(14-24)10-16(13-26-21)27-15-4-3-8-22-11-15/h1-6,8,11-12,16,23H,7,9-10,13-14H2. The van der Waals surface area contributed by atoms with E-state index < -0.39 is 0 Å². The number of carbonyl (C=O) groups excluding carboxylic acids is 1. The van der Waals surface area contributed by atoms with Crippen molar-refractivity contribution in [3.63, 3.8) is 0 Å². The quantitative estimate of drug-likeness (QED) is 0.777. The number of H-pyrrole nitrogens is 1. The smallest absolute Gasteiger partial charge is 0.256 e. The molecule has 1 amide bonds. The minimum Gasteiger partial charge on any atom is -0.486 e. The van der Waals surface area contributed by atoms with Crippen molar-refractivity contribution in [3.05, 3.63) is 60.6 Å². The number of likely N-dealkylation sites (tertiary alicyclic amines) is 1. The van der Waals surface area contributed by atoms with Gasteiger partial charge in [-0.25, -0.2) is 0 Å². The van der Waals surface area contributed by atoms with Gasteiger partial charge in [-0.3, -0.25) is 9.78 Å². The predicted octanol–water partition coefficient (Wildman–Crippen LogP) is 3.02. The highest BCUT2D eigenvalue weighted by atomic mass is 16.6. The first-order valence-corrected chi connectivity index (χ1v) is 9.29. The van der Waals surface area contributed by atoms with Crippen molar-refractivity contribution < 1.29 is 14.3 Å². The van der Waals surface area contributed by atoms with Gasteiger partial charge >= 0.3 is 0 Å². The van der Waals surface area contributed by atoms with Gasteiger partial charge < -0.3 is 19.4 Å². The second-order valence-corrected chi connectivity index (χ2v) is 7.35. The lowest BCUT2D eigenvalue weighted by Crippen LogP contribution is -2.36. The van der Waals surface area contributed by atoms with Gasteiger partial charge in [0.05, 0.1) is 30.5 Å². The molecule has 0 radical (unpaired) electrons. The Morgan fingerprint density at radius 1 is 1.30 bits per heavy atom. The molecule has 138 valence electrons. The van der Waals surface area contributed by atoms with E-state index in [2.05, 4.69) is 9.97 Å². The van der Waals surface area contributed by atoms with E-state index in [1.807, 2.05) is 47.5 Å². The molecular formula is C21H21N3O3. The van der Waals surface area contributed by atoms with E-state index in [-0.39, 0.29) is 17.6 Å². The lowest BCUT2D eigenvalue weighted by molar-refractivity contribution is 0.00997. The van der Waals surface area contributed by atoms with Gasteiger partial charge in [-0.15, -0.1) is 0 Å². The largest absolute Gasteiger partial charge is 0.486 e. The number of hydrogen-bond acceptors (Lipinski definition) is 4. The third-order valence-corrected chi connectivity index (χ3v) is 5.54. The minimum atomic E-state index is -0.297. The summed E-state index contributed by atoms with van der Waals surface area (Å²) in [7, 11) is 0. The number of aromatic amines is 1. The fourth-order valence-electron chi connectivity index (χ4n) is 4.21. The van der Waals surface area contributed by atoms with Gasteiger partial charge in [0.15, 0.2) is 0 Å². The van der Waals surface area contributed by atoms with Crippen LogP contribution >= 0.6 is 0 Å². The van der Waals surface area contributed by atoms with Crippen LogP contribution in [0.1, 0.15) is 23.2 Å². The summed E-state index contributed by atoms with van der Waals surface area (Å²) in [5.41, 5.74) is 1.41. The second kappa shape index (κ2) is 6.39. The lowest BCUT2D eigenvalue weighted by Gasteiger charge is -2.23. The van der Waals surface area contributed by atoms with E-state index in [1.165, 1.54) is 0 Å². The van der Waals surface area contributed by atoms with Crippen molar-refractivity contribution in [1.82, 2.24) is 14.9 Å². The van der Waals surface area contributed by atoms with Gasteiger partial charge in [0.25, 0.3) is 5.91 Å². The van der Waals surface area contributed by atoms with Gasteiger partial charge in [-0.2, -0.15) is 0 Å². The van der Waals surface area contributed by atoms with Gasteiger partial charge in [0.1, 0.15) is 11.9 Å². The van der Waals surface area contributed by atoms with Crippen LogP contribution in [0.3, 0.4) is 0 Å². The van der Waals surface area contributed by atoms with Crippen LogP contribution < -0.4 is 4.74 Å². The van der Waals surface area contributed by atoms with Crippen LogP contribution in [0.25, 0.3) is 10.9 Å². The van der Waals surface area contributed by atoms with Crippen LogP contribution in [-0.2, 0) is 4.74 Å². The van der Waals surface area contributed by atoms with Crippen molar-refractivity contribution in [2.75, 3.05) is 19.7 Å². The molecule has 2 unspecified atom stereocenters. The van der Waals surface area contributed by atoms with Crippen LogP contribution in [0.4, 0.5) is 0 Å². The molecule has 5 rings (SSSR count). The highest BCUT2D eigenvalue weighted by Gasteiger charge is 2.47. The number of pyridine rings is 1. The number of rotatable bonds is 3. The highest BCUT2D eigenvalue weighted by Crippen LogP contribution is 2.37. The maximum Gasteiger partial charge on any atom is 0.256 e. The zero-order chi connectivity index (χ0) is 18.3. The number of nitrogens with zero attached hydrogens (tertiary/aromatic N) is 2. The molecule has 1 N–H and O–H groups in total. The molecule has 6 nitrogen and oxygen atoms in total. The van der Waals surface area contributed by atoms with Crippen LogP contribution in [0.5, 0.6) is 5.75 Å².